The number of ether oxygens (including phenoxy) is 1. The maximum atomic E-state index is 13.8. The summed E-state index contributed by atoms with van der Waals surface area (Å²) in [6, 6.07) is 11.9. The second-order valence-corrected chi connectivity index (χ2v) is 11.0. The first-order valence-corrected chi connectivity index (χ1v) is 14.0. The van der Waals surface area contributed by atoms with Crippen LogP contribution in [0.4, 0.5) is 5.69 Å². The summed E-state index contributed by atoms with van der Waals surface area (Å²) in [4.78, 5) is 28.5. The highest BCUT2D eigenvalue weighted by Gasteiger charge is 2.32. The van der Waals surface area contributed by atoms with Crippen molar-refractivity contribution in [3.8, 4) is 5.75 Å². The lowest BCUT2D eigenvalue weighted by Gasteiger charge is -2.34. The Morgan fingerprint density at radius 1 is 1.03 bits per heavy atom. The predicted molar refractivity (Wildman–Crippen MR) is 144 cm³/mol. The Bertz CT molecular complexity index is 1150. The van der Waals surface area contributed by atoms with Crippen molar-refractivity contribution < 1.29 is 22.7 Å². The first kappa shape index (κ1) is 29.2. The maximum absolute atomic E-state index is 13.8. The molecule has 36 heavy (non-hydrogen) atoms. The minimum atomic E-state index is -3.79. The zero-order valence-corrected chi connectivity index (χ0v) is 23.2. The Labute approximate surface area is 215 Å². The largest absolute Gasteiger partial charge is 0.497 e. The van der Waals surface area contributed by atoms with E-state index < -0.39 is 28.5 Å². The molecule has 2 aromatic rings. The van der Waals surface area contributed by atoms with Crippen LogP contribution in [0.3, 0.4) is 0 Å². The minimum absolute atomic E-state index is 0.0533. The molecular formula is C27H39N3O5S. The molecule has 0 heterocycles. The molecule has 198 valence electrons. The molecule has 2 aromatic carbocycles. The Kier molecular flexibility index (Phi) is 10.3. The lowest BCUT2D eigenvalue weighted by atomic mass is 10.1. The molecule has 8 nitrogen and oxygen atoms in total. The number of carbonyl (C=O) groups is 2. The van der Waals surface area contributed by atoms with Crippen LogP contribution in [-0.4, -0.2) is 57.1 Å². The Morgan fingerprint density at radius 2 is 1.64 bits per heavy atom. The summed E-state index contributed by atoms with van der Waals surface area (Å²) in [5.74, 6) is -0.0941. The highest BCUT2D eigenvalue weighted by Crippen LogP contribution is 2.27. The van der Waals surface area contributed by atoms with E-state index >= 15 is 0 Å². The van der Waals surface area contributed by atoms with E-state index in [4.69, 9.17) is 4.74 Å². The fourth-order valence-electron chi connectivity index (χ4n) is 4.10. The van der Waals surface area contributed by atoms with Gasteiger partial charge in [0.15, 0.2) is 0 Å². The molecule has 1 N–H and O–H groups in total. The van der Waals surface area contributed by atoms with Gasteiger partial charge in [-0.25, -0.2) is 8.42 Å². The number of aryl methyl sites for hydroxylation is 2. The van der Waals surface area contributed by atoms with E-state index in [2.05, 4.69) is 5.32 Å². The first-order valence-electron chi connectivity index (χ1n) is 12.2. The molecule has 0 fully saturated rings. The summed E-state index contributed by atoms with van der Waals surface area (Å²) in [7, 11) is -2.22. The number of nitrogens with zero attached hydrogens (tertiary/aromatic N) is 2. The van der Waals surface area contributed by atoms with Crippen LogP contribution in [0.15, 0.2) is 42.5 Å². The summed E-state index contributed by atoms with van der Waals surface area (Å²) >= 11 is 0. The summed E-state index contributed by atoms with van der Waals surface area (Å²) < 4.78 is 32.2. The van der Waals surface area contributed by atoms with Crippen molar-refractivity contribution in [3.05, 3.63) is 59.2 Å². The van der Waals surface area contributed by atoms with E-state index in [1.165, 1.54) is 4.90 Å². The van der Waals surface area contributed by atoms with Gasteiger partial charge in [0.05, 0.1) is 19.1 Å². The number of amides is 2. The standard InChI is InChI=1S/C27H39N3O5S/c1-8-21(5)28-27(32)24(9-2)29(17-22-14-11-15-23(16-22)35-6)25(31)18-30(36(7,33)34)26-19(3)12-10-13-20(26)4/h10-16,21,24H,8-9,17-18H2,1-7H3,(H,28,32)/t21-,24+/m1/s1. The third kappa shape index (κ3) is 7.46. The SMILES string of the molecule is CC[C@@H](C)NC(=O)[C@H](CC)N(Cc1cccc(OC)c1)C(=O)CN(c1c(C)cccc1C)S(C)(=O)=O. The molecule has 2 rings (SSSR count). The smallest absolute Gasteiger partial charge is 0.244 e. The number of para-hydroxylation sites is 1. The molecule has 0 aliphatic heterocycles. The summed E-state index contributed by atoms with van der Waals surface area (Å²) in [5, 5.41) is 2.97. The number of benzene rings is 2. The van der Waals surface area contributed by atoms with Crippen molar-refractivity contribution in [2.24, 2.45) is 0 Å². The Hall–Kier alpha value is -3.07. The third-order valence-corrected chi connectivity index (χ3v) is 7.35. The van der Waals surface area contributed by atoms with Gasteiger partial charge < -0.3 is 15.0 Å². The zero-order valence-electron chi connectivity index (χ0n) is 22.4. The topological polar surface area (TPSA) is 96.0 Å². The highest BCUT2D eigenvalue weighted by molar-refractivity contribution is 7.92. The summed E-state index contributed by atoms with van der Waals surface area (Å²) in [6.45, 7) is 9.06. The number of carbonyl (C=O) groups excluding carboxylic acids is 2. The predicted octanol–water partition coefficient (Wildman–Crippen LogP) is 3.80. The molecule has 0 aliphatic rings. The Morgan fingerprint density at radius 3 is 2.17 bits per heavy atom. The van der Waals surface area contributed by atoms with Crippen LogP contribution in [0.2, 0.25) is 0 Å². The van der Waals surface area contributed by atoms with Gasteiger partial charge in [-0.05, 0) is 62.4 Å². The highest BCUT2D eigenvalue weighted by atomic mass is 32.2. The number of sulfonamides is 1. The average molecular weight is 518 g/mol. The van der Waals surface area contributed by atoms with Crippen molar-refractivity contribution in [3.63, 3.8) is 0 Å². The van der Waals surface area contributed by atoms with Crippen LogP contribution in [0, 0.1) is 13.8 Å². The van der Waals surface area contributed by atoms with Crippen LogP contribution in [0.5, 0.6) is 5.75 Å². The van der Waals surface area contributed by atoms with Crippen LogP contribution in [-0.2, 0) is 26.2 Å². The molecule has 2 atom stereocenters. The van der Waals surface area contributed by atoms with Gasteiger partial charge in [-0.15, -0.1) is 0 Å². The van der Waals surface area contributed by atoms with E-state index in [1.54, 1.807) is 19.2 Å². The molecule has 0 radical (unpaired) electrons. The van der Waals surface area contributed by atoms with Gasteiger partial charge in [0.2, 0.25) is 21.8 Å². The van der Waals surface area contributed by atoms with Crippen molar-refractivity contribution in [1.29, 1.82) is 0 Å². The molecule has 0 aromatic heterocycles. The molecule has 9 heteroatoms. The van der Waals surface area contributed by atoms with E-state index in [-0.39, 0.29) is 18.5 Å². The molecule has 0 saturated heterocycles. The third-order valence-electron chi connectivity index (χ3n) is 6.24. The number of rotatable bonds is 12. The molecule has 0 unspecified atom stereocenters. The summed E-state index contributed by atoms with van der Waals surface area (Å²) in [5.41, 5.74) is 2.74. The molecule has 2 amide bonds. The van der Waals surface area contributed by atoms with Crippen molar-refractivity contribution in [2.75, 3.05) is 24.2 Å². The number of methoxy groups -OCH3 is 1. The Balaban J connectivity index is 2.51. The van der Waals surface area contributed by atoms with Gasteiger partial charge in [-0.2, -0.15) is 0 Å². The molecule has 0 saturated carbocycles. The van der Waals surface area contributed by atoms with Gasteiger partial charge in [0, 0.05) is 12.6 Å². The van der Waals surface area contributed by atoms with Gasteiger partial charge in [-0.1, -0.05) is 44.2 Å². The lowest BCUT2D eigenvalue weighted by molar-refractivity contribution is -0.140. The number of hydrogen-bond donors (Lipinski definition) is 1. The van der Waals surface area contributed by atoms with Crippen LogP contribution in [0.25, 0.3) is 0 Å². The van der Waals surface area contributed by atoms with Crippen LogP contribution in [0.1, 0.15) is 50.3 Å². The fraction of sp³-hybridized carbons (Fsp3) is 0.481. The van der Waals surface area contributed by atoms with Crippen molar-refractivity contribution in [1.82, 2.24) is 10.2 Å². The van der Waals surface area contributed by atoms with Gasteiger partial charge in [-0.3, -0.25) is 13.9 Å². The van der Waals surface area contributed by atoms with Crippen molar-refractivity contribution >= 4 is 27.5 Å². The second-order valence-electron chi connectivity index (χ2n) is 9.13. The molecule has 0 bridgehead atoms. The minimum Gasteiger partial charge on any atom is -0.497 e. The molecule has 0 aliphatic carbocycles. The lowest BCUT2D eigenvalue weighted by Crippen LogP contribution is -2.53. The van der Waals surface area contributed by atoms with Gasteiger partial charge in [0.1, 0.15) is 18.3 Å². The van der Waals surface area contributed by atoms with E-state index in [0.717, 1.165) is 33.7 Å². The number of anilines is 1. The fourth-order valence-corrected chi connectivity index (χ4v) is 5.07. The first-order chi connectivity index (χ1) is 16.9. The molecular weight excluding hydrogens is 478 g/mol. The van der Waals surface area contributed by atoms with Crippen LogP contribution >= 0.6 is 0 Å². The van der Waals surface area contributed by atoms with Crippen molar-refractivity contribution in [2.45, 2.75) is 66.1 Å². The zero-order chi connectivity index (χ0) is 27.0. The number of nitrogens with one attached hydrogen (secondary N) is 1. The quantitative estimate of drug-likeness (QED) is 0.462. The van der Waals surface area contributed by atoms with Gasteiger partial charge >= 0.3 is 0 Å². The second kappa shape index (κ2) is 12.8. The van der Waals surface area contributed by atoms with E-state index in [9.17, 15) is 18.0 Å². The summed E-state index contributed by atoms with van der Waals surface area (Å²) in [6.07, 6.45) is 2.21. The van der Waals surface area contributed by atoms with E-state index in [0.29, 0.717) is 17.9 Å². The average Bonchev–Trinajstić information content (AvgIpc) is 2.82. The molecule has 0 spiro atoms. The monoisotopic (exact) mass is 517 g/mol. The number of hydrogen-bond acceptors (Lipinski definition) is 5. The van der Waals surface area contributed by atoms with Gasteiger partial charge in [0.25, 0.3) is 0 Å². The van der Waals surface area contributed by atoms with Crippen LogP contribution < -0.4 is 14.4 Å². The normalized spacial score (nSPS) is 13.0. The van der Waals surface area contributed by atoms with E-state index in [1.807, 2.05) is 65.0 Å². The maximum Gasteiger partial charge on any atom is 0.244 e.